The van der Waals surface area contributed by atoms with Gasteiger partial charge in [-0.05, 0) is 23.6 Å². The fourth-order valence-electron chi connectivity index (χ4n) is 1.64. The number of carbonyl (C=O) groups is 1. The lowest BCUT2D eigenvalue weighted by atomic mass is 10.3. The normalized spacial score (nSPS) is 10.5. The van der Waals surface area contributed by atoms with E-state index < -0.39 is 0 Å². The molecule has 0 atom stereocenters. The van der Waals surface area contributed by atoms with E-state index in [1.54, 1.807) is 23.3 Å². The summed E-state index contributed by atoms with van der Waals surface area (Å²) in [6.45, 7) is 0.408. The number of carbonyl (C=O) groups excluding carboxylic acids is 1. The summed E-state index contributed by atoms with van der Waals surface area (Å²) in [5, 5.41) is 2.94. The largest absolute Gasteiger partial charge is 0.481 e. The monoisotopic (exact) mass is 363 g/mol. The second kappa shape index (κ2) is 7.36. The van der Waals surface area contributed by atoms with Gasteiger partial charge < -0.3 is 9.64 Å². The van der Waals surface area contributed by atoms with E-state index in [9.17, 15) is 4.79 Å². The zero-order chi connectivity index (χ0) is 15.4. The van der Waals surface area contributed by atoms with Crippen LogP contribution in [0.15, 0.2) is 29.6 Å². The fraction of sp³-hybridized carbons (Fsp3) is 0.214. The summed E-state index contributed by atoms with van der Waals surface area (Å²) in [6, 6.07) is 6.96. The van der Waals surface area contributed by atoms with E-state index >= 15 is 0 Å². The Morgan fingerprint density at radius 2 is 1.95 bits per heavy atom. The zero-order valence-electron chi connectivity index (χ0n) is 11.1. The zero-order valence-corrected chi connectivity index (χ0v) is 14.2. The van der Waals surface area contributed by atoms with Crippen LogP contribution < -0.4 is 4.74 Å². The van der Waals surface area contributed by atoms with E-state index in [4.69, 9.17) is 39.5 Å². The average molecular weight is 365 g/mol. The van der Waals surface area contributed by atoms with Crippen LogP contribution in [-0.4, -0.2) is 24.5 Å². The van der Waals surface area contributed by atoms with Gasteiger partial charge in [-0.2, -0.15) is 0 Å². The van der Waals surface area contributed by atoms with Gasteiger partial charge in [0, 0.05) is 16.9 Å². The first kappa shape index (κ1) is 16.4. The fourth-order valence-corrected chi connectivity index (χ4v) is 3.32. The van der Waals surface area contributed by atoms with Gasteiger partial charge in [-0.25, -0.2) is 0 Å². The molecule has 1 aromatic heterocycles. The minimum atomic E-state index is -0.162. The number of nitrogens with zero attached hydrogens (tertiary/aromatic N) is 1. The number of benzene rings is 1. The van der Waals surface area contributed by atoms with Crippen LogP contribution in [0.25, 0.3) is 0 Å². The summed E-state index contributed by atoms with van der Waals surface area (Å²) in [6.07, 6.45) is 0. The number of hydrogen-bond acceptors (Lipinski definition) is 3. The van der Waals surface area contributed by atoms with Crippen molar-refractivity contribution in [2.24, 2.45) is 0 Å². The van der Waals surface area contributed by atoms with Crippen LogP contribution in [0, 0.1) is 0 Å². The van der Waals surface area contributed by atoms with Crippen LogP contribution in [-0.2, 0) is 11.3 Å². The van der Waals surface area contributed by atoms with Gasteiger partial charge in [-0.1, -0.05) is 40.9 Å². The molecule has 1 aromatic carbocycles. The number of halogens is 3. The van der Waals surface area contributed by atoms with Crippen molar-refractivity contribution in [1.82, 2.24) is 4.90 Å². The van der Waals surface area contributed by atoms with Crippen molar-refractivity contribution in [3.63, 3.8) is 0 Å². The average Bonchev–Trinajstić information content (AvgIpc) is 2.89. The van der Waals surface area contributed by atoms with Crippen molar-refractivity contribution in [3.8, 4) is 5.75 Å². The third-order valence-corrected chi connectivity index (χ3v) is 4.34. The third-order valence-electron chi connectivity index (χ3n) is 2.70. The summed E-state index contributed by atoms with van der Waals surface area (Å²) in [5.74, 6) is 0.103. The number of hydrogen-bond donors (Lipinski definition) is 0. The summed E-state index contributed by atoms with van der Waals surface area (Å²) >= 11 is 19.4. The molecule has 0 unspecified atom stereocenters. The predicted molar refractivity (Wildman–Crippen MR) is 87.8 cm³/mol. The van der Waals surface area contributed by atoms with E-state index in [1.165, 1.54) is 12.1 Å². The molecule has 112 valence electrons. The van der Waals surface area contributed by atoms with Crippen molar-refractivity contribution in [2.45, 2.75) is 6.54 Å². The van der Waals surface area contributed by atoms with Gasteiger partial charge in [0.05, 0.1) is 16.6 Å². The van der Waals surface area contributed by atoms with Crippen LogP contribution in [0.5, 0.6) is 5.75 Å². The van der Waals surface area contributed by atoms with Gasteiger partial charge >= 0.3 is 0 Å². The lowest BCUT2D eigenvalue weighted by Gasteiger charge is -2.17. The van der Waals surface area contributed by atoms with E-state index in [1.807, 2.05) is 17.5 Å². The molecule has 0 bridgehead atoms. The molecule has 0 saturated carbocycles. The van der Waals surface area contributed by atoms with Gasteiger partial charge in [-0.3, -0.25) is 4.79 Å². The number of likely N-dealkylation sites (N-methyl/N-ethyl adjacent to an activating group) is 1. The lowest BCUT2D eigenvalue weighted by Crippen LogP contribution is -2.30. The highest BCUT2D eigenvalue weighted by atomic mass is 35.5. The molecular weight excluding hydrogens is 353 g/mol. The molecule has 0 aliphatic heterocycles. The Balaban J connectivity index is 1.95. The Morgan fingerprint density at radius 3 is 2.52 bits per heavy atom. The van der Waals surface area contributed by atoms with Gasteiger partial charge in [0.15, 0.2) is 12.4 Å². The molecule has 1 heterocycles. The molecule has 0 radical (unpaired) electrons. The highest BCUT2D eigenvalue weighted by Crippen LogP contribution is 2.35. The summed E-state index contributed by atoms with van der Waals surface area (Å²) < 4.78 is 5.41. The number of thiophene rings is 1. The van der Waals surface area contributed by atoms with E-state index in [2.05, 4.69) is 0 Å². The minimum absolute atomic E-state index is 0.136. The second-order valence-corrected chi connectivity index (χ2v) is 6.60. The Kier molecular flexibility index (Phi) is 5.76. The first-order valence-electron chi connectivity index (χ1n) is 6.01. The smallest absolute Gasteiger partial charge is 0.260 e. The maximum atomic E-state index is 12.0. The van der Waals surface area contributed by atoms with Crippen LogP contribution in [0.3, 0.4) is 0 Å². The van der Waals surface area contributed by atoms with E-state index in [-0.39, 0.29) is 28.3 Å². The summed E-state index contributed by atoms with van der Waals surface area (Å²) in [4.78, 5) is 14.7. The maximum Gasteiger partial charge on any atom is 0.260 e. The first-order valence-corrected chi connectivity index (χ1v) is 8.02. The van der Waals surface area contributed by atoms with Gasteiger partial charge in [0.2, 0.25) is 0 Å². The Hall–Kier alpha value is -0.940. The quantitative estimate of drug-likeness (QED) is 0.766. The third kappa shape index (κ3) is 4.51. The predicted octanol–water partition coefficient (Wildman–Crippen LogP) is 4.75. The molecule has 2 rings (SSSR count). The second-order valence-electron chi connectivity index (χ2n) is 4.32. The molecule has 2 aromatic rings. The number of ether oxygens (including phenoxy) is 1. The molecule has 1 amide bonds. The summed E-state index contributed by atoms with van der Waals surface area (Å²) in [5.41, 5.74) is 0. The topological polar surface area (TPSA) is 29.5 Å². The molecule has 0 spiro atoms. The highest BCUT2D eigenvalue weighted by Gasteiger charge is 2.14. The van der Waals surface area contributed by atoms with Crippen LogP contribution in [0.2, 0.25) is 15.1 Å². The molecule has 3 nitrogen and oxygen atoms in total. The van der Waals surface area contributed by atoms with E-state index in [0.29, 0.717) is 11.6 Å². The van der Waals surface area contributed by atoms with Crippen molar-refractivity contribution in [1.29, 1.82) is 0 Å². The Labute approximate surface area is 142 Å². The Bertz CT molecular complexity index is 608. The van der Waals surface area contributed by atoms with Gasteiger partial charge in [-0.15, -0.1) is 11.3 Å². The molecule has 7 heteroatoms. The summed E-state index contributed by atoms with van der Waals surface area (Å²) in [7, 11) is 1.72. The lowest BCUT2D eigenvalue weighted by molar-refractivity contribution is -0.132. The highest BCUT2D eigenvalue weighted by molar-refractivity contribution is 7.09. The molecule has 0 aliphatic carbocycles. The maximum absolute atomic E-state index is 12.0. The number of rotatable bonds is 5. The first-order chi connectivity index (χ1) is 9.97. The molecule has 0 saturated heterocycles. The standard InChI is InChI=1S/C14H12Cl3NO2S/c1-18(7-10-3-2-4-21-10)13(19)8-20-14-11(16)5-9(15)6-12(14)17/h2-6H,7-8H2,1H3. The molecule has 0 aliphatic rings. The van der Waals surface area contributed by atoms with Gasteiger partial charge in [0.25, 0.3) is 5.91 Å². The molecule has 0 fully saturated rings. The van der Waals surface area contributed by atoms with Crippen LogP contribution in [0.4, 0.5) is 0 Å². The SMILES string of the molecule is CN(Cc1cccs1)C(=O)COc1c(Cl)cc(Cl)cc1Cl. The van der Waals surface area contributed by atoms with Crippen molar-refractivity contribution < 1.29 is 9.53 Å². The van der Waals surface area contributed by atoms with Gasteiger partial charge in [0.1, 0.15) is 0 Å². The minimum Gasteiger partial charge on any atom is -0.481 e. The Morgan fingerprint density at radius 1 is 1.29 bits per heavy atom. The van der Waals surface area contributed by atoms with Crippen molar-refractivity contribution >= 4 is 52.0 Å². The van der Waals surface area contributed by atoms with E-state index in [0.717, 1.165) is 4.88 Å². The molecule has 21 heavy (non-hydrogen) atoms. The molecular formula is C14H12Cl3NO2S. The van der Waals surface area contributed by atoms with Crippen molar-refractivity contribution in [3.05, 3.63) is 49.6 Å². The molecule has 0 N–H and O–H groups in total. The van der Waals surface area contributed by atoms with Crippen molar-refractivity contribution in [2.75, 3.05) is 13.7 Å². The van der Waals surface area contributed by atoms with Crippen LogP contribution >= 0.6 is 46.1 Å². The van der Waals surface area contributed by atoms with Crippen LogP contribution in [0.1, 0.15) is 4.88 Å². The number of amides is 1.